The molecule has 1 aromatic heterocycles. The Balaban J connectivity index is 2.34. The Morgan fingerprint density at radius 3 is 2.53 bits per heavy atom. The first kappa shape index (κ1) is 11.2. The molecule has 0 saturated carbocycles. The molecule has 0 radical (unpaired) electrons. The van der Waals surface area contributed by atoms with E-state index in [0.29, 0.717) is 17.3 Å². The smallest absolute Gasteiger partial charge is 0.168 e. The summed E-state index contributed by atoms with van der Waals surface area (Å²) >= 11 is 0. The van der Waals surface area contributed by atoms with E-state index in [-0.39, 0.29) is 0 Å². The van der Waals surface area contributed by atoms with Gasteiger partial charge in [0.1, 0.15) is 12.0 Å². The number of hydrazine groups is 1. The van der Waals surface area contributed by atoms with Crippen molar-refractivity contribution < 1.29 is 0 Å². The second kappa shape index (κ2) is 4.67. The third-order valence-corrected chi connectivity index (χ3v) is 2.42. The lowest BCUT2D eigenvalue weighted by atomic mass is 10.2. The zero-order valence-electron chi connectivity index (χ0n) is 9.44. The van der Waals surface area contributed by atoms with Crippen molar-refractivity contribution in [1.82, 2.24) is 9.97 Å². The molecule has 0 spiro atoms. The summed E-state index contributed by atoms with van der Waals surface area (Å²) in [5.41, 5.74) is 10.7. The van der Waals surface area contributed by atoms with Crippen molar-refractivity contribution in [3.05, 3.63) is 36.2 Å². The minimum absolute atomic E-state index is 0.387. The molecule has 1 heterocycles. The summed E-state index contributed by atoms with van der Waals surface area (Å²) in [4.78, 5) is 7.99. The van der Waals surface area contributed by atoms with E-state index >= 15 is 0 Å². The monoisotopic (exact) mass is 230 g/mol. The van der Waals surface area contributed by atoms with Crippen LogP contribution in [0.3, 0.4) is 0 Å². The number of nitrogens with zero attached hydrogens (tertiary/aromatic N) is 2. The first-order chi connectivity index (χ1) is 8.22. The second-order valence-electron chi connectivity index (χ2n) is 3.57. The minimum atomic E-state index is 0.387. The molecule has 2 aromatic rings. The van der Waals surface area contributed by atoms with Crippen LogP contribution in [-0.2, 0) is 0 Å². The van der Waals surface area contributed by atoms with Gasteiger partial charge in [0.05, 0.1) is 0 Å². The molecule has 0 aliphatic carbocycles. The van der Waals surface area contributed by atoms with Gasteiger partial charge in [-0.15, -0.1) is 0 Å². The van der Waals surface area contributed by atoms with Gasteiger partial charge in [0.15, 0.2) is 11.6 Å². The van der Waals surface area contributed by atoms with Crippen LogP contribution in [0, 0.1) is 6.92 Å². The maximum absolute atomic E-state index is 5.86. The normalized spacial score (nSPS) is 10.0. The topological polar surface area (TPSA) is 102 Å². The fourth-order valence-corrected chi connectivity index (χ4v) is 1.45. The molecule has 0 aliphatic heterocycles. The predicted molar refractivity (Wildman–Crippen MR) is 68.7 cm³/mol. The fourth-order valence-electron chi connectivity index (χ4n) is 1.45. The summed E-state index contributed by atoms with van der Waals surface area (Å²) in [6, 6.07) is 7.86. The number of anilines is 4. The maximum atomic E-state index is 5.86. The highest BCUT2D eigenvalue weighted by Crippen LogP contribution is 2.26. The summed E-state index contributed by atoms with van der Waals surface area (Å²) in [6.07, 6.45) is 1.40. The lowest BCUT2D eigenvalue weighted by molar-refractivity contribution is 1.14. The zero-order chi connectivity index (χ0) is 12.3. The van der Waals surface area contributed by atoms with Crippen LogP contribution >= 0.6 is 0 Å². The molecule has 2 rings (SSSR count). The first-order valence-electron chi connectivity index (χ1n) is 5.12. The van der Waals surface area contributed by atoms with Gasteiger partial charge in [-0.2, -0.15) is 0 Å². The summed E-state index contributed by atoms with van der Waals surface area (Å²) in [6.45, 7) is 2.00. The summed E-state index contributed by atoms with van der Waals surface area (Å²) in [5.74, 6) is 6.22. The number of rotatable bonds is 3. The van der Waals surface area contributed by atoms with Crippen LogP contribution in [0.25, 0.3) is 0 Å². The Morgan fingerprint density at radius 2 is 1.82 bits per heavy atom. The fraction of sp³-hybridized carbons (Fsp3) is 0.0909. The van der Waals surface area contributed by atoms with Gasteiger partial charge in [-0.3, -0.25) is 0 Å². The Bertz CT molecular complexity index is 525. The van der Waals surface area contributed by atoms with Gasteiger partial charge in [0.2, 0.25) is 0 Å². The van der Waals surface area contributed by atoms with Gasteiger partial charge in [-0.05, 0) is 18.6 Å². The number of hydrogen-bond donors (Lipinski definition) is 4. The van der Waals surface area contributed by atoms with E-state index in [1.165, 1.54) is 6.33 Å². The zero-order valence-corrected chi connectivity index (χ0v) is 9.44. The van der Waals surface area contributed by atoms with Gasteiger partial charge >= 0.3 is 0 Å². The molecular weight excluding hydrogens is 216 g/mol. The van der Waals surface area contributed by atoms with Gasteiger partial charge in [0.25, 0.3) is 0 Å². The Hall–Kier alpha value is -2.34. The minimum Gasteiger partial charge on any atom is -0.393 e. The van der Waals surface area contributed by atoms with Crippen molar-refractivity contribution in [2.75, 3.05) is 16.5 Å². The molecule has 0 fully saturated rings. The lowest BCUT2D eigenvalue weighted by Crippen LogP contribution is -2.12. The maximum Gasteiger partial charge on any atom is 0.168 e. The number of aromatic nitrogens is 2. The molecule has 17 heavy (non-hydrogen) atoms. The highest BCUT2D eigenvalue weighted by molar-refractivity contribution is 5.77. The average molecular weight is 230 g/mol. The van der Waals surface area contributed by atoms with E-state index in [9.17, 15) is 0 Å². The van der Waals surface area contributed by atoms with Crippen molar-refractivity contribution >= 4 is 23.0 Å². The molecule has 1 aromatic carbocycles. The van der Waals surface area contributed by atoms with Crippen molar-refractivity contribution in [3.8, 4) is 0 Å². The third kappa shape index (κ3) is 2.26. The van der Waals surface area contributed by atoms with Crippen LogP contribution in [0.1, 0.15) is 5.56 Å². The average Bonchev–Trinajstić information content (AvgIpc) is 2.34. The van der Waals surface area contributed by atoms with Gasteiger partial charge in [-0.1, -0.05) is 18.2 Å². The van der Waals surface area contributed by atoms with E-state index in [1.807, 2.05) is 31.2 Å². The van der Waals surface area contributed by atoms with E-state index in [4.69, 9.17) is 11.6 Å². The van der Waals surface area contributed by atoms with Gasteiger partial charge < -0.3 is 16.5 Å². The van der Waals surface area contributed by atoms with E-state index in [0.717, 1.165) is 11.3 Å². The van der Waals surface area contributed by atoms with Gasteiger partial charge in [-0.25, -0.2) is 15.8 Å². The van der Waals surface area contributed by atoms with Crippen molar-refractivity contribution in [2.45, 2.75) is 6.92 Å². The molecule has 6 N–H and O–H groups in total. The highest BCUT2D eigenvalue weighted by atomic mass is 15.3. The van der Waals surface area contributed by atoms with Crippen LogP contribution in [0.15, 0.2) is 30.6 Å². The Labute approximate surface area is 99.0 Å². The number of hydrogen-bond acceptors (Lipinski definition) is 6. The van der Waals surface area contributed by atoms with Crippen LogP contribution in [0.2, 0.25) is 0 Å². The standard InChI is InChI=1S/C11H14N6/c1-7-4-2-3-5-8(7)16-10-9(12)11(17-13)15-6-14-10/h2-6H,12-13H2,1H3,(H2,14,15,16,17). The molecule has 6 nitrogen and oxygen atoms in total. The highest BCUT2D eigenvalue weighted by Gasteiger charge is 2.07. The van der Waals surface area contributed by atoms with Crippen LogP contribution < -0.4 is 22.3 Å². The molecule has 6 heteroatoms. The molecule has 0 unspecified atom stereocenters. The van der Waals surface area contributed by atoms with E-state index < -0.39 is 0 Å². The van der Waals surface area contributed by atoms with Crippen molar-refractivity contribution in [3.63, 3.8) is 0 Å². The van der Waals surface area contributed by atoms with Gasteiger partial charge in [0, 0.05) is 5.69 Å². The lowest BCUT2D eigenvalue weighted by Gasteiger charge is -2.12. The number of aryl methyl sites for hydroxylation is 1. The van der Waals surface area contributed by atoms with Crippen LogP contribution in [0.5, 0.6) is 0 Å². The number of nitrogens with two attached hydrogens (primary N) is 2. The van der Waals surface area contributed by atoms with Crippen molar-refractivity contribution in [1.29, 1.82) is 0 Å². The molecule has 0 amide bonds. The molecule has 0 aliphatic rings. The van der Waals surface area contributed by atoms with Crippen LogP contribution in [-0.4, -0.2) is 9.97 Å². The van der Waals surface area contributed by atoms with Crippen molar-refractivity contribution in [2.24, 2.45) is 5.84 Å². The summed E-state index contributed by atoms with van der Waals surface area (Å²) in [7, 11) is 0. The Kier molecular flexibility index (Phi) is 3.06. The SMILES string of the molecule is Cc1ccccc1Nc1ncnc(NN)c1N. The molecular formula is C11H14N6. The second-order valence-corrected chi connectivity index (χ2v) is 3.57. The molecule has 0 atom stereocenters. The quantitative estimate of drug-likeness (QED) is 0.469. The number of nitrogens with one attached hydrogen (secondary N) is 2. The largest absolute Gasteiger partial charge is 0.393 e. The summed E-state index contributed by atoms with van der Waals surface area (Å²) < 4.78 is 0. The van der Waals surface area contributed by atoms with E-state index in [2.05, 4.69) is 20.7 Å². The Morgan fingerprint density at radius 1 is 1.12 bits per heavy atom. The molecule has 0 saturated heterocycles. The van der Waals surface area contributed by atoms with Crippen LogP contribution in [0.4, 0.5) is 23.0 Å². The predicted octanol–water partition coefficient (Wildman–Crippen LogP) is 1.40. The number of benzene rings is 1. The summed E-state index contributed by atoms with van der Waals surface area (Å²) in [5, 5.41) is 3.14. The third-order valence-electron chi connectivity index (χ3n) is 2.42. The van der Waals surface area contributed by atoms with E-state index in [1.54, 1.807) is 0 Å². The molecule has 88 valence electrons. The number of nitrogen functional groups attached to an aromatic ring is 2. The molecule has 0 bridgehead atoms. The first-order valence-corrected chi connectivity index (χ1v) is 5.12. The number of para-hydroxylation sites is 1.